The van der Waals surface area contributed by atoms with Crippen molar-refractivity contribution in [2.75, 3.05) is 25.5 Å². The highest BCUT2D eigenvalue weighted by Gasteiger charge is 2.52. The number of ether oxygens (including phenoxy) is 1. The van der Waals surface area contributed by atoms with Crippen molar-refractivity contribution < 1.29 is 33.0 Å². The van der Waals surface area contributed by atoms with Crippen molar-refractivity contribution in [1.29, 1.82) is 0 Å². The van der Waals surface area contributed by atoms with Gasteiger partial charge in [-0.3, -0.25) is 9.69 Å². The Labute approximate surface area is 264 Å². The number of rotatable bonds is 10. The average molecular weight is 633 g/mol. The predicted molar refractivity (Wildman–Crippen MR) is 169 cm³/mol. The molecule has 3 aromatic rings. The molecule has 3 aromatic carbocycles. The molecule has 0 aliphatic carbocycles. The number of carbonyl (C=O) groups is 2. The van der Waals surface area contributed by atoms with Crippen LogP contribution in [0.4, 0.5) is 4.79 Å². The SMILES string of the molecule is O=C(O)N([C@H]1CCOC1)[C@@H](Cc1ccccc1)[C@@H](O)C[C@]1(Cc2ccccc2)CCN([C@@H]2CS(=O)(=O)Cc3ccccc32)C1=O. The maximum Gasteiger partial charge on any atom is 0.407 e. The molecule has 10 heteroatoms. The molecule has 0 radical (unpaired) electrons. The number of fused-ring (bicyclic) bond motifs is 1. The summed E-state index contributed by atoms with van der Waals surface area (Å²) < 4.78 is 31.5. The molecule has 0 bridgehead atoms. The maximum atomic E-state index is 14.7. The van der Waals surface area contributed by atoms with Crippen molar-refractivity contribution in [2.24, 2.45) is 5.41 Å². The first kappa shape index (κ1) is 31.3. The fourth-order valence-corrected chi connectivity index (χ4v) is 9.25. The normalized spacial score (nSPS) is 25.4. The van der Waals surface area contributed by atoms with Gasteiger partial charge in [0.25, 0.3) is 0 Å². The number of carboxylic acid groups (broad SMARTS) is 1. The predicted octanol–water partition coefficient (Wildman–Crippen LogP) is 4.25. The summed E-state index contributed by atoms with van der Waals surface area (Å²) in [5.74, 6) is -0.399. The van der Waals surface area contributed by atoms with Crippen LogP contribution in [0.25, 0.3) is 0 Å². The number of nitrogens with zero attached hydrogens (tertiary/aromatic N) is 2. The molecule has 3 aliphatic heterocycles. The smallest absolute Gasteiger partial charge is 0.407 e. The minimum absolute atomic E-state index is 0.0349. The lowest BCUT2D eigenvalue weighted by atomic mass is 9.74. The van der Waals surface area contributed by atoms with Crippen LogP contribution in [-0.2, 0) is 38.0 Å². The van der Waals surface area contributed by atoms with E-state index in [1.54, 1.807) is 4.90 Å². The molecule has 9 nitrogen and oxygen atoms in total. The summed E-state index contributed by atoms with van der Waals surface area (Å²) in [6.45, 7) is 1.04. The summed E-state index contributed by atoms with van der Waals surface area (Å²) in [6.07, 6.45) is -0.705. The highest BCUT2D eigenvalue weighted by molar-refractivity contribution is 7.90. The molecule has 6 rings (SSSR count). The van der Waals surface area contributed by atoms with Gasteiger partial charge in [-0.25, -0.2) is 13.2 Å². The second-order valence-electron chi connectivity index (χ2n) is 12.7. The number of carbonyl (C=O) groups excluding carboxylic acids is 1. The van der Waals surface area contributed by atoms with E-state index in [-0.39, 0.29) is 36.9 Å². The lowest BCUT2D eigenvalue weighted by molar-refractivity contribution is -0.140. The maximum absolute atomic E-state index is 14.7. The van der Waals surface area contributed by atoms with Gasteiger partial charge in [0.05, 0.1) is 47.8 Å². The monoisotopic (exact) mass is 632 g/mol. The number of likely N-dealkylation sites (tertiary alicyclic amines) is 1. The Bertz CT molecular complexity index is 1610. The molecule has 2 N–H and O–H groups in total. The Kier molecular flexibility index (Phi) is 8.99. The number of aliphatic hydroxyl groups excluding tert-OH is 1. The molecule has 3 aliphatic rings. The summed E-state index contributed by atoms with van der Waals surface area (Å²) in [7, 11) is -3.43. The van der Waals surface area contributed by atoms with Crippen LogP contribution < -0.4 is 0 Å². The second kappa shape index (κ2) is 12.9. The van der Waals surface area contributed by atoms with Crippen molar-refractivity contribution in [2.45, 2.75) is 62.1 Å². The van der Waals surface area contributed by atoms with Crippen molar-refractivity contribution in [3.63, 3.8) is 0 Å². The van der Waals surface area contributed by atoms with Gasteiger partial charge in [0.2, 0.25) is 5.91 Å². The van der Waals surface area contributed by atoms with E-state index in [2.05, 4.69) is 0 Å². The van der Waals surface area contributed by atoms with Gasteiger partial charge in [-0.2, -0.15) is 0 Å². The number of hydrogen-bond acceptors (Lipinski definition) is 6. The van der Waals surface area contributed by atoms with Gasteiger partial charge in [-0.15, -0.1) is 0 Å². The highest BCUT2D eigenvalue weighted by Crippen LogP contribution is 2.46. The zero-order valence-corrected chi connectivity index (χ0v) is 26.0. The van der Waals surface area contributed by atoms with E-state index in [0.717, 1.165) is 16.7 Å². The molecule has 2 amide bonds. The van der Waals surface area contributed by atoms with E-state index in [9.17, 15) is 28.2 Å². The van der Waals surface area contributed by atoms with E-state index in [4.69, 9.17) is 4.74 Å². The van der Waals surface area contributed by atoms with E-state index in [1.807, 2.05) is 84.9 Å². The first-order chi connectivity index (χ1) is 21.7. The fraction of sp³-hybridized carbons (Fsp3) is 0.429. The Hall–Kier alpha value is -3.73. The largest absolute Gasteiger partial charge is 0.465 e. The van der Waals surface area contributed by atoms with E-state index in [1.165, 1.54) is 4.90 Å². The van der Waals surface area contributed by atoms with Crippen LogP contribution in [0.3, 0.4) is 0 Å². The first-order valence-electron chi connectivity index (χ1n) is 15.6. The molecule has 45 heavy (non-hydrogen) atoms. The Morgan fingerprint density at radius 2 is 1.67 bits per heavy atom. The van der Waals surface area contributed by atoms with Gasteiger partial charge in [-0.05, 0) is 54.4 Å². The van der Waals surface area contributed by atoms with Crippen molar-refractivity contribution >= 4 is 21.8 Å². The van der Waals surface area contributed by atoms with Gasteiger partial charge in [0.15, 0.2) is 9.84 Å². The Morgan fingerprint density at radius 1 is 1.00 bits per heavy atom. The van der Waals surface area contributed by atoms with Crippen LogP contribution in [0.1, 0.15) is 47.6 Å². The molecular weight excluding hydrogens is 592 g/mol. The van der Waals surface area contributed by atoms with Crippen molar-refractivity contribution in [1.82, 2.24) is 9.80 Å². The number of aliphatic hydroxyl groups is 1. The van der Waals surface area contributed by atoms with E-state index < -0.39 is 45.6 Å². The minimum atomic E-state index is -3.43. The first-order valence-corrected chi connectivity index (χ1v) is 17.4. The van der Waals surface area contributed by atoms with Crippen molar-refractivity contribution in [3.05, 3.63) is 107 Å². The third-order valence-corrected chi connectivity index (χ3v) is 11.3. The van der Waals surface area contributed by atoms with Gasteiger partial charge in [0, 0.05) is 13.2 Å². The van der Waals surface area contributed by atoms with Crippen LogP contribution in [0.2, 0.25) is 0 Å². The van der Waals surface area contributed by atoms with Gasteiger partial charge in [-0.1, -0.05) is 84.9 Å². The van der Waals surface area contributed by atoms with Crippen LogP contribution in [-0.4, -0.2) is 84.1 Å². The van der Waals surface area contributed by atoms with Crippen LogP contribution in [0.5, 0.6) is 0 Å². The molecule has 0 saturated carbocycles. The van der Waals surface area contributed by atoms with Gasteiger partial charge < -0.3 is 19.8 Å². The van der Waals surface area contributed by atoms with Crippen LogP contribution >= 0.6 is 0 Å². The van der Waals surface area contributed by atoms with Crippen LogP contribution in [0.15, 0.2) is 84.9 Å². The molecule has 5 atom stereocenters. The standard InChI is InChI=1S/C35H40N2O7S/c38-32(30(19-25-9-3-1-4-10-25)37(34(40)41)28-15-18-44-22-28)21-35(20-26-11-5-2-6-12-26)16-17-36(33(35)39)31-24-45(42,43)23-27-13-7-8-14-29(27)31/h1-14,28,30-32,38H,15-24H2,(H,40,41)/t28-,30-,31+,32-,35+/m0/s1. The summed E-state index contributed by atoms with van der Waals surface area (Å²) >= 11 is 0. The third kappa shape index (κ3) is 6.64. The lowest BCUT2D eigenvalue weighted by Crippen LogP contribution is -2.55. The summed E-state index contributed by atoms with van der Waals surface area (Å²) in [6, 6.07) is 24.6. The minimum Gasteiger partial charge on any atom is -0.465 e. The second-order valence-corrected chi connectivity index (χ2v) is 14.8. The molecule has 2 saturated heterocycles. The number of benzene rings is 3. The highest BCUT2D eigenvalue weighted by atomic mass is 32.2. The summed E-state index contributed by atoms with van der Waals surface area (Å²) in [4.78, 5) is 30.5. The summed E-state index contributed by atoms with van der Waals surface area (Å²) in [5.41, 5.74) is 2.31. The topological polar surface area (TPSA) is 124 Å². The third-order valence-electron chi connectivity index (χ3n) is 9.72. The number of amides is 2. The molecule has 238 valence electrons. The Balaban J connectivity index is 1.36. The number of hydrogen-bond donors (Lipinski definition) is 2. The van der Waals surface area contributed by atoms with Crippen molar-refractivity contribution in [3.8, 4) is 0 Å². The number of sulfone groups is 1. The summed E-state index contributed by atoms with van der Waals surface area (Å²) in [5, 5.41) is 22.5. The molecule has 0 aromatic heterocycles. The molecule has 2 fully saturated rings. The Morgan fingerprint density at radius 3 is 2.33 bits per heavy atom. The quantitative estimate of drug-likeness (QED) is 0.343. The van der Waals surface area contributed by atoms with Crippen LogP contribution in [0, 0.1) is 5.41 Å². The molecule has 0 spiro atoms. The average Bonchev–Trinajstić information content (AvgIpc) is 3.65. The van der Waals surface area contributed by atoms with Gasteiger partial charge in [0.1, 0.15) is 0 Å². The molecule has 0 unspecified atom stereocenters. The molecule has 3 heterocycles. The van der Waals surface area contributed by atoms with E-state index in [0.29, 0.717) is 38.0 Å². The zero-order chi connectivity index (χ0) is 31.6. The van der Waals surface area contributed by atoms with Gasteiger partial charge >= 0.3 is 6.09 Å². The molecular formula is C35H40N2O7S. The fourth-order valence-electron chi connectivity index (χ4n) is 7.55. The lowest BCUT2D eigenvalue weighted by Gasteiger charge is -2.40. The van der Waals surface area contributed by atoms with E-state index >= 15 is 0 Å². The zero-order valence-electron chi connectivity index (χ0n) is 25.2.